The summed E-state index contributed by atoms with van der Waals surface area (Å²) in [5.74, 6) is -0.144. The quantitative estimate of drug-likeness (QED) is 0.781. The molecule has 1 aromatic rings. The number of primary amides is 1. The van der Waals surface area contributed by atoms with E-state index in [9.17, 15) is 14.7 Å². The molecule has 108 valence electrons. The third-order valence-electron chi connectivity index (χ3n) is 4.06. The summed E-state index contributed by atoms with van der Waals surface area (Å²) in [6, 6.07) is 0. The summed E-state index contributed by atoms with van der Waals surface area (Å²) < 4.78 is 0. The summed E-state index contributed by atoms with van der Waals surface area (Å²) in [5, 5.41) is 12.7. The summed E-state index contributed by atoms with van der Waals surface area (Å²) >= 11 is 1.44. The number of thiophene rings is 1. The van der Waals surface area contributed by atoms with Gasteiger partial charge in [0.15, 0.2) is 0 Å². The standard InChI is InChI=1S/C14H18N2O3S/c15-12(18)11-9-4-1-7(6-17)5-10(9)20-14(11)16-13(19)8-2-3-8/h7-8,17H,1-6H2,(H2,15,18)(H,16,19). The van der Waals surface area contributed by atoms with Crippen LogP contribution < -0.4 is 11.1 Å². The lowest BCUT2D eigenvalue weighted by molar-refractivity contribution is -0.117. The number of carbonyl (C=O) groups is 2. The summed E-state index contributed by atoms with van der Waals surface area (Å²) in [5.41, 5.74) is 6.94. The zero-order valence-corrected chi connectivity index (χ0v) is 12.0. The van der Waals surface area contributed by atoms with E-state index in [-0.39, 0.29) is 24.3 Å². The molecule has 20 heavy (non-hydrogen) atoms. The molecule has 3 rings (SSSR count). The number of anilines is 1. The van der Waals surface area contributed by atoms with E-state index >= 15 is 0 Å². The molecule has 0 aliphatic heterocycles. The van der Waals surface area contributed by atoms with Crippen LogP contribution in [0.1, 0.15) is 40.1 Å². The van der Waals surface area contributed by atoms with Gasteiger partial charge < -0.3 is 16.2 Å². The number of fused-ring (bicyclic) bond motifs is 1. The molecule has 2 aliphatic carbocycles. The van der Waals surface area contributed by atoms with Gasteiger partial charge in [-0.05, 0) is 43.6 Å². The van der Waals surface area contributed by atoms with Crippen LogP contribution in [-0.2, 0) is 17.6 Å². The number of nitrogens with two attached hydrogens (primary N) is 1. The Hall–Kier alpha value is -1.40. The number of amides is 2. The fourth-order valence-electron chi connectivity index (χ4n) is 2.72. The molecule has 0 aromatic carbocycles. The van der Waals surface area contributed by atoms with Crippen molar-refractivity contribution in [1.82, 2.24) is 0 Å². The SMILES string of the molecule is NC(=O)c1c(NC(=O)C2CC2)sc2c1CCC(CO)C2. The molecule has 5 nitrogen and oxygen atoms in total. The highest BCUT2D eigenvalue weighted by molar-refractivity contribution is 7.17. The Kier molecular flexibility index (Phi) is 3.52. The molecule has 1 saturated carbocycles. The van der Waals surface area contributed by atoms with Gasteiger partial charge in [-0.2, -0.15) is 0 Å². The van der Waals surface area contributed by atoms with Gasteiger partial charge in [-0.1, -0.05) is 0 Å². The van der Waals surface area contributed by atoms with Gasteiger partial charge in [-0.3, -0.25) is 9.59 Å². The van der Waals surface area contributed by atoms with Crippen molar-refractivity contribution in [2.45, 2.75) is 32.1 Å². The van der Waals surface area contributed by atoms with Crippen LogP contribution in [0.2, 0.25) is 0 Å². The first-order valence-corrected chi connectivity index (χ1v) is 7.77. The highest BCUT2D eigenvalue weighted by Gasteiger charge is 2.33. The van der Waals surface area contributed by atoms with Gasteiger partial charge in [0.25, 0.3) is 5.91 Å². The van der Waals surface area contributed by atoms with Crippen LogP contribution in [0.25, 0.3) is 0 Å². The summed E-state index contributed by atoms with van der Waals surface area (Å²) in [4.78, 5) is 24.7. The zero-order valence-electron chi connectivity index (χ0n) is 11.1. The molecule has 0 saturated heterocycles. The van der Waals surface area contributed by atoms with Crippen LogP contribution in [-0.4, -0.2) is 23.5 Å². The van der Waals surface area contributed by atoms with E-state index in [1.165, 1.54) is 11.3 Å². The van der Waals surface area contributed by atoms with Crippen molar-refractivity contribution in [1.29, 1.82) is 0 Å². The maximum atomic E-state index is 11.9. The van der Waals surface area contributed by atoms with Gasteiger partial charge >= 0.3 is 0 Å². The molecule has 2 amide bonds. The van der Waals surface area contributed by atoms with Crippen molar-refractivity contribution in [3.8, 4) is 0 Å². The second-order valence-electron chi connectivity index (χ2n) is 5.63. The predicted octanol–water partition coefficient (Wildman–Crippen LogP) is 1.29. The lowest BCUT2D eigenvalue weighted by Crippen LogP contribution is -2.21. The Labute approximate surface area is 121 Å². The number of hydrogen-bond acceptors (Lipinski definition) is 4. The van der Waals surface area contributed by atoms with Crippen molar-refractivity contribution in [3.63, 3.8) is 0 Å². The second-order valence-corrected chi connectivity index (χ2v) is 6.73. The molecule has 0 spiro atoms. The van der Waals surface area contributed by atoms with Gasteiger partial charge in [0.1, 0.15) is 5.00 Å². The first-order valence-electron chi connectivity index (χ1n) is 6.96. The predicted molar refractivity (Wildman–Crippen MR) is 76.8 cm³/mol. The Morgan fingerprint density at radius 2 is 2.10 bits per heavy atom. The van der Waals surface area contributed by atoms with Crippen LogP contribution in [0.3, 0.4) is 0 Å². The largest absolute Gasteiger partial charge is 0.396 e. The molecule has 4 N–H and O–H groups in total. The molecular weight excluding hydrogens is 276 g/mol. The lowest BCUT2D eigenvalue weighted by Gasteiger charge is -2.20. The Morgan fingerprint density at radius 1 is 1.35 bits per heavy atom. The van der Waals surface area contributed by atoms with Gasteiger partial charge in [-0.15, -0.1) is 11.3 Å². The summed E-state index contributed by atoms with van der Waals surface area (Å²) in [6.45, 7) is 0.160. The van der Waals surface area contributed by atoms with Crippen molar-refractivity contribution in [3.05, 3.63) is 16.0 Å². The fourth-order valence-corrected chi connectivity index (χ4v) is 4.09. The van der Waals surface area contributed by atoms with Crippen LogP contribution in [0.15, 0.2) is 0 Å². The van der Waals surface area contributed by atoms with Crippen LogP contribution in [0.4, 0.5) is 5.00 Å². The molecule has 0 radical (unpaired) electrons. The van der Waals surface area contributed by atoms with E-state index in [1.54, 1.807) is 0 Å². The van der Waals surface area contributed by atoms with Gasteiger partial charge in [0.2, 0.25) is 5.91 Å². The summed E-state index contributed by atoms with van der Waals surface area (Å²) in [7, 11) is 0. The molecule has 1 aromatic heterocycles. The third kappa shape index (κ3) is 2.45. The zero-order chi connectivity index (χ0) is 14.3. The van der Waals surface area contributed by atoms with E-state index < -0.39 is 5.91 Å². The van der Waals surface area contributed by atoms with Gasteiger partial charge in [0, 0.05) is 17.4 Å². The highest BCUT2D eigenvalue weighted by Crippen LogP contribution is 2.40. The van der Waals surface area contributed by atoms with E-state index in [0.717, 1.165) is 42.5 Å². The molecule has 1 unspecified atom stereocenters. The topological polar surface area (TPSA) is 92.4 Å². The smallest absolute Gasteiger partial charge is 0.251 e. The number of rotatable bonds is 4. The summed E-state index contributed by atoms with van der Waals surface area (Å²) in [6.07, 6.45) is 4.21. The number of carbonyl (C=O) groups excluding carboxylic acids is 2. The number of hydrogen-bond donors (Lipinski definition) is 3. The van der Waals surface area contributed by atoms with Crippen molar-refractivity contribution in [2.75, 3.05) is 11.9 Å². The van der Waals surface area contributed by atoms with E-state index in [1.807, 2.05) is 0 Å². The Morgan fingerprint density at radius 3 is 2.70 bits per heavy atom. The monoisotopic (exact) mass is 294 g/mol. The van der Waals surface area contributed by atoms with Gasteiger partial charge in [-0.25, -0.2) is 0 Å². The first kappa shape index (κ1) is 13.6. The molecule has 1 fully saturated rings. The molecular formula is C14H18N2O3S. The van der Waals surface area contributed by atoms with Crippen molar-refractivity contribution in [2.24, 2.45) is 17.6 Å². The van der Waals surface area contributed by atoms with E-state index in [2.05, 4.69) is 5.32 Å². The van der Waals surface area contributed by atoms with E-state index in [4.69, 9.17) is 5.73 Å². The maximum absolute atomic E-state index is 11.9. The Bertz CT molecular complexity index is 563. The number of aliphatic hydroxyl groups excluding tert-OH is 1. The fraction of sp³-hybridized carbons (Fsp3) is 0.571. The van der Waals surface area contributed by atoms with Gasteiger partial charge in [0.05, 0.1) is 5.56 Å². The molecule has 6 heteroatoms. The van der Waals surface area contributed by atoms with Crippen LogP contribution in [0.5, 0.6) is 0 Å². The Balaban J connectivity index is 1.91. The van der Waals surface area contributed by atoms with Crippen molar-refractivity contribution >= 4 is 28.2 Å². The molecule has 1 atom stereocenters. The molecule has 1 heterocycles. The van der Waals surface area contributed by atoms with E-state index in [0.29, 0.717) is 10.6 Å². The minimum absolute atomic E-state index is 0.00944. The first-order chi connectivity index (χ1) is 9.60. The van der Waals surface area contributed by atoms with Crippen molar-refractivity contribution < 1.29 is 14.7 Å². The molecule has 2 aliphatic rings. The third-order valence-corrected chi connectivity index (χ3v) is 5.23. The minimum Gasteiger partial charge on any atom is -0.396 e. The normalized spacial score (nSPS) is 21.4. The highest BCUT2D eigenvalue weighted by atomic mass is 32.1. The number of aliphatic hydroxyl groups is 1. The molecule has 0 bridgehead atoms. The lowest BCUT2D eigenvalue weighted by atomic mass is 9.87. The minimum atomic E-state index is -0.476. The number of nitrogens with one attached hydrogen (secondary N) is 1. The average Bonchev–Trinajstić information content (AvgIpc) is 3.19. The van der Waals surface area contributed by atoms with Crippen LogP contribution >= 0.6 is 11.3 Å². The average molecular weight is 294 g/mol. The maximum Gasteiger partial charge on any atom is 0.251 e. The van der Waals surface area contributed by atoms with Crippen LogP contribution in [0, 0.1) is 11.8 Å². The second kappa shape index (κ2) is 5.18.